The third-order valence-electron chi connectivity index (χ3n) is 3.43. The summed E-state index contributed by atoms with van der Waals surface area (Å²) in [6.45, 7) is 4.91. The third kappa shape index (κ3) is 2.49. The molecule has 0 radical (unpaired) electrons. The molecule has 0 saturated carbocycles. The van der Waals surface area contributed by atoms with E-state index in [0.29, 0.717) is 12.0 Å². The number of aryl methyl sites for hydroxylation is 3. The summed E-state index contributed by atoms with van der Waals surface area (Å²) in [5.74, 6) is -0.893. The SMILES string of the molecule is CCc1cn(CCCO)c2c(C)cc(C(=O)O)cc12. The molecule has 0 bridgehead atoms. The zero-order valence-electron chi connectivity index (χ0n) is 11.3. The van der Waals surface area contributed by atoms with Crippen molar-refractivity contribution >= 4 is 16.9 Å². The van der Waals surface area contributed by atoms with Crippen LogP contribution in [0.1, 0.15) is 34.8 Å². The number of aliphatic hydroxyl groups excluding tert-OH is 1. The van der Waals surface area contributed by atoms with Crippen molar-refractivity contribution in [2.24, 2.45) is 0 Å². The van der Waals surface area contributed by atoms with Gasteiger partial charge in [-0.15, -0.1) is 0 Å². The van der Waals surface area contributed by atoms with Crippen molar-refractivity contribution in [3.63, 3.8) is 0 Å². The zero-order chi connectivity index (χ0) is 14.0. The minimum absolute atomic E-state index is 0.160. The number of rotatable bonds is 5. The normalized spacial score (nSPS) is 11.1. The van der Waals surface area contributed by atoms with Gasteiger partial charge in [-0.05, 0) is 43.0 Å². The Kier molecular flexibility index (Phi) is 3.90. The lowest BCUT2D eigenvalue weighted by molar-refractivity contribution is 0.0697. The van der Waals surface area contributed by atoms with Crippen LogP contribution in [0.25, 0.3) is 10.9 Å². The van der Waals surface area contributed by atoms with Gasteiger partial charge in [0, 0.05) is 24.7 Å². The molecule has 0 amide bonds. The van der Waals surface area contributed by atoms with Gasteiger partial charge in [-0.1, -0.05) is 6.92 Å². The number of fused-ring (bicyclic) bond motifs is 1. The van der Waals surface area contributed by atoms with Crippen molar-refractivity contribution in [1.29, 1.82) is 0 Å². The number of carboxylic acid groups (broad SMARTS) is 1. The molecule has 0 unspecified atom stereocenters. The Balaban J connectivity index is 2.64. The van der Waals surface area contributed by atoms with Crippen molar-refractivity contribution in [3.05, 3.63) is 35.0 Å². The van der Waals surface area contributed by atoms with E-state index in [1.165, 1.54) is 0 Å². The van der Waals surface area contributed by atoms with Crippen molar-refractivity contribution in [3.8, 4) is 0 Å². The fourth-order valence-electron chi connectivity index (χ4n) is 2.55. The predicted molar refractivity (Wildman–Crippen MR) is 74.7 cm³/mol. The van der Waals surface area contributed by atoms with E-state index in [9.17, 15) is 4.79 Å². The number of carboxylic acids is 1. The average Bonchev–Trinajstić information content (AvgIpc) is 2.74. The molecule has 0 fully saturated rings. The van der Waals surface area contributed by atoms with E-state index in [-0.39, 0.29) is 6.61 Å². The van der Waals surface area contributed by atoms with Crippen LogP contribution in [0.2, 0.25) is 0 Å². The Morgan fingerprint density at radius 1 is 1.37 bits per heavy atom. The highest BCUT2D eigenvalue weighted by atomic mass is 16.4. The summed E-state index contributed by atoms with van der Waals surface area (Å²) in [5.41, 5.74) is 3.53. The molecule has 4 heteroatoms. The number of benzene rings is 1. The van der Waals surface area contributed by atoms with Crippen LogP contribution in [-0.4, -0.2) is 27.4 Å². The topological polar surface area (TPSA) is 62.5 Å². The van der Waals surface area contributed by atoms with Gasteiger partial charge in [-0.2, -0.15) is 0 Å². The number of aromatic carboxylic acids is 1. The Morgan fingerprint density at radius 2 is 2.11 bits per heavy atom. The average molecular weight is 261 g/mol. The maximum Gasteiger partial charge on any atom is 0.335 e. The van der Waals surface area contributed by atoms with Crippen LogP contribution in [0.5, 0.6) is 0 Å². The van der Waals surface area contributed by atoms with Crippen molar-refractivity contribution in [2.45, 2.75) is 33.2 Å². The van der Waals surface area contributed by atoms with Crippen LogP contribution >= 0.6 is 0 Å². The van der Waals surface area contributed by atoms with E-state index >= 15 is 0 Å². The molecule has 2 rings (SSSR count). The molecule has 19 heavy (non-hydrogen) atoms. The number of hydrogen-bond acceptors (Lipinski definition) is 2. The third-order valence-corrected chi connectivity index (χ3v) is 3.43. The van der Waals surface area contributed by atoms with Crippen molar-refractivity contribution in [2.75, 3.05) is 6.61 Å². The van der Waals surface area contributed by atoms with Crippen molar-refractivity contribution in [1.82, 2.24) is 4.57 Å². The van der Waals surface area contributed by atoms with Gasteiger partial charge in [0.05, 0.1) is 11.1 Å². The van der Waals surface area contributed by atoms with Gasteiger partial charge < -0.3 is 14.8 Å². The summed E-state index contributed by atoms with van der Waals surface area (Å²) < 4.78 is 2.12. The maximum absolute atomic E-state index is 11.1. The molecule has 2 aromatic rings. The second kappa shape index (κ2) is 5.45. The minimum Gasteiger partial charge on any atom is -0.478 e. The number of nitrogens with zero attached hydrogens (tertiary/aromatic N) is 1. The Bertz CT molecular complexity index is 613. The molecule has 4 nitrogen and oxygen atoms in total. The Morgan fingerprint density at radius 3 is 2.68 bits per heavy atom. The number of aliphatic hydroxyl groups is 1. The van der Waals surface area contributed by atoms with Gasteiger partial charge in [0.2, 0.25) is 0 Å². The van der Waals surface area contributed by atoms with Crippen LogP contribution in [0.15, 0.2) is 18.3 Å². The molecule has 0 saturated heterocycles. The number of aromatic nitrogens is 1. The van der Waals surface area contributed by atoms with Gasteiger partial charge in [0.1, 0.15) is 0 Å². The lowest BCUT2D eigenvalue weighted by atomic mass is 10.0. The fraction of sp³-hybridized carbons (Fsp3) is 0.400. The van der Waals surface area contributed by atoms with Crippen molar-refractivity contribution < 1.29 is 15.0 Å². The molecule has 0 atom stereocenters. The monoisotopic (exact) mass is 261 g/mol. The highest BCUT2D eigenvalue weighted by Crippen LogP contribution is 2.27. The number of carbonyl (C=O) groups is 1. The molecule has 0 aliphatic heterocycles. The molecule has 2 N–H and O–H groups in total. The smallest absolute Gasteiger partial charge is 0.335 e. The lowest BCUT2D eigenvalue weighted by Gasteiger charge is -2.07. The summed E-state index contributed by atoms with van der Waals surface area (Å²) in [5, 5.41) is 19.1. The first-order chi connectivity index (χ1) is 9.08. The second-order valence-corrected chi connectivity index (χ2v) is 4.77. The first-order valence-electron chi connectivity index (χ1n) is 6.55. The van der Waals surface area contributed by atoms with E-state index in [1.54, 1.807) is 12.1 Å². The van der Waals surface area contributed by atoms with Crippen LogP contribution in [0, 0.1) is 6.92 Å². The maximum atomic E-state index is 11.1. The molecular weight excluding hydrogens is 242 g/mol. The van der Waals surface area contributed by atoms with E-state index in [0.717, 1.165) is 35.0 Å². The Labute approximate surface area is 112 Å². The first kappa shape index (κ1) is 13.6. The Hall–Kier alpha value is -1.81. The van der Waals surface area contributed by atoms with Gasteiger partial charge in [-0.25, -0.2) is 4.79 Å². The second-order valence-electron chi connectivity index (χ2n) is 4.77. The molecule has 102 valence electrons. The van der Waals surface area contributed by atoms with Gasteiger partial charge in [0.15, 0.2) is 0 Å². The van der Waals surface area contributed by atoms with E-state index in [4.69, 9.17) is 10.2 Å². The largest absolute Gasteiger partial charge is 0.478 e. The summed E-state index contributed by atoms with van der Waals surface area (Å²) in [7, 11) is 0. The van der Waals surface area contributed by atoms with E-state index in [2.05, 4.69) is 17.7 Å². The predicted octanol–water partition coefficient (Wildman–Crippen LogP) is 2.59. The standard InChI is InChI=1S/C15H19NO3/c1-3-11-9-16(5-4-6-17)14-10(2)7-12(15(18)19)8-13(11)14/h7-9,17H,3-6H2,1-2H3,(H,18,19). The van der Waals surface area contributed by atoms with Crippen LogP contribution < -0.4 is 0 Å². The fourth-order valence-corrected chi connectivity index (χ4v) is 2.55. The highest BCUT2D eigenvalue weighted by Gasteiger charge is 2.13. The summed E-state index contributed by atoms with van der Waals surface area (Å²) in [4.78, 5) is 11.1. The zero-order valence-corrected chi connectivity index (χ0v) is 11.3. The van der Waals surface area contributed by atoms with Crippen LogP contribution in [0.3, 0.4) is 0 Å². The first-order valence-corrected chi connectivity index (χ1v) is 6.55. The van der Waals surface area contributed by atoms with Gasteiger partial charge in [0.25, 0.3) is 0 Å². The quantitative estimate of drug-likeness (QED) is 0.869. The minimum atomic E-state index is -0.893. The molecular formula is C15H19NO3. The summed E-state index contributed by atoms with van der Waals surface area (Å²) >= 11 is 0. The molecule has 0 aliphatic rings. The molecule has 1 aromatic heterocycles. The van der Waals surface area contributed by atoms with Gasteiger partial charge >= 0.3 is 5.97 Å². The van der Waals surface area contributed by atoms with Gasteiger partial charge in [-0.3, -0.25) is 0 Å². The highest BCUT2D eigenvalue weighted by molar-refractivity contribution is 5.96. The van der Waals surface area contributed by atoms with Crippen LogP contribution in [-0.2, 0) is 13.0 Å². The molecule has 0 spiro atoms. The summed E-state index contributed by atoms with van der Waals surface area (Å²) in [6, 6.07) is 3.46. The molecule has 1 heterocycles. The molecule has 0 aliphatic carbocycles. The van der Waals surface area contributed by atoms with E-state index in [1.807, 2.05) is 6.92 Å². The number of hydrogen-bond donors (Lipinski definition) is 2. The lowest BCUT2D eigenvalue weighted by Crippen LogP contribution is -2.01. The van der Waals surface area contributed by atoms with Crippen LogP contribution in [0.4, 0.5) is 0 Å². The summed E-state index contributed by atoms with van der Waals surface area (Å²) in [6.07, 6.45) is 3.64. The van der Waals surface area contributed by atoms with E-state index < -0.39 is 5.97 Å². The molecule has 1 aromatic carbocycles.